The minimum atomic E-state index is -0.463. The molecule has 3 heterocycles. The zero-order valence-corrected chi connectivity index (χ0v) is 15.4. The van der Waals surface area contributed by atoms with Crippen molar-refractivity contribution in [1.82, 2.24) is 30.4 Å². The van der Waals surface area contributed by atoms with Crippen LogP contribution in [0.25, 0.3) is 5.69 Å². The van der Waals surface area contributed by atoms with E-state index in [0.29, 0.717) is 11.3 Å². The molecule has 0 fully saturated rings. The average molecular weight is 382 g/mol. The quantitative estimate of drug-likeness (QED) is 0.678. The van der Waals surface area contributed by atoms with Gasteiger partial charge in [-0.1, -0.05) is 6.07 Å². The number of carbonyl (C=O) groups excluding carboxylic acids is 2. The van der Waals surface area contributed by atoms with Crippen molar-refractivity contribution >= 4 is 11.8 Å². The molecule has 0 radical (unpaired) electrons. The summed E-state index contributed by atoms with van der Waals surface area (Å²) in [6, 6.07) is 5.96. The van der Waals surface area contributed by atoms with Crippen LogP contribution in [-0.2, 0) is 6.54 Å². The predicted octanol–water partition coefficient (Wildman–Crippen LogP) is 1.87. The molecule has 0 atom stereocenters. The van der Waals surface area contributed by atoms with Crippen LogP contribution in [0.5, 0.6) is 0 Å². The maximum atomic E-state index is 13.3. The van der Waals surface area contributed by atoms with Gasteiger partial charge in [-0.05, 0) is 26.0 Å². The van der Waals surface area contributed by atoms with Crippen molar-refractivity contribution in [1.29, 1.82) is 0 Å². The van der Waals surface area contributed by atoms with Crippen molar-refractivity contribution in [2.75, 3.05) is 0 Å². The van der Waals surface area contributed by atoms with E-state index < -0.39 is 11.7 Å². The fourth-order valence-electron chi connectivity index (χ4n) is 2.42. The molecule has 8 nitrogen and oxygen atoms in total. The standard InChI is InChI=1S/C19H19FN6O2/c1-12(2)24-19(28)17-5-3-4-16(25-17)18(27)22-7-13-8-23-26(11-13)15-6-14(20)9-21-10-15/h3-6,8-12H,7H2,1-2H3,(H,22,27)(H,24,28). The Morgan fingerprint density at radius 2 is 1.89 bits per heavy atom. The van der Waals surface area contributed by atoms with Gasteiger partial charge < -0.3 is 10.6 Å². The van der Waals surface area contributed by atoms with E-state index in [1.165, 1.54) is 23.0 Å². The van der Waals surface area contributed by atoms with Gasteiger partial charge in [-0.3, -0.25) is 14.6 Å². The van der Waals surface area contributed by atoms with E-state index in [4.69, 9.17) is 0 Å². The number of aromatic nitrogens is 4. The normalized spacial score (nSPS) is 10.7. The van der Waals surface area contributed by atoms with Crippen LogP contribution in [-0.4, -0.2) is 37.6 Å². The first kappa shape index (κ1) is 19.2. The van der Waals surface area contributed by atoms with Crippen LogP contribution in [0.3, 0.4) is 0 Å². The summed E-state index contributed by atoms with van der Waals surface area (Å²) in [5, 5.41) is 9.58. The summed E-state index contributed by atoms with van der Waals surface area (Å²) < 4.78 is 14.7. The van der Waals surface area contributed by atoms with E-state index in [1.807, 2.05) is 13.8 Å². The number of nitrogens with one attached hydrogen (secondary N) is 2. The molecule has 0 aromatic carbocycles. The van der Waals surface area contributed by atoms with Crippen molar-refractivity contribution < 1.29 is 14.0 Å². The molecule has 28 heavy (non-hydrogen) atoms. The highest BCUT2D eigenvalue weighted by Gasteiger charge is 2.13. The number of hydrogen-bond donors (Lipinski definition) is 2. The van der Waals surface area contributed by atoms with Crippen LogP contribution < -0.4 is 10.6 Å². The van der Waals surface area contributed by atoms with Crippen molar-refractivity contribution in [3.8, 4) is 5.69 Å². The first-order chi connectivity index (χ1) is 13.4. The molecule has 3 aromatic heterocycles. The first-order valence-electron chi connectivity index (χ1n) is 8.63. The number of amides is 2. The van der Waals surface area contributed by atoms with Gasteiger partial charge in [-0.25, -0.2) is 14.1 Å². The van der Waals surface area contributed by atoms with Crippen molar-refractivity contribution in [3.63, 3.8) is 0 Å². The van der Waals surface area contributed by atoms with Crippen LogP contribution in [0.4, 0.5) is 4.39 Å². The molecule has 3 rings (SSSR count). The highest BCUT2D eigenvalue weighted by atomic mass is 19.1. The second-order valence-electron chi connectivity index (χ2n) is 6.37. The molecule has 0 aliphatic rings. The predicted molar refractivity (Wildman–Crippen MR) is 99.3 cm³/mol. The van der Waals surface area contributed by atoms with Crippen molar-refractivity contribution in [2.45, 2.75) is 26.4 Å². The molecule has 3 aromatic rings. The zero-order chi connectivity index (χ0) is 20.1. The van der Waals surface area contributed by atoms with E-state index in [0.717, 1.165) is 6.20 Å². The molecule has 0 saturated heterocycles. The van der Waals surface area contributed by atoms with Crippen LogP contribution in [0.1, 0.15) is 40.4 Å². The van der Waals surface area contributed by atoms with Gasteiger partial charge in [0.25, 0.3) is 11.8 Å². The third kappa shape index (κ3) is 4.76. The van der Waals surface area contributed by atoms with Crippen LogP contribution in [0, 0.1) is 5.82 Å². The van der Waals surface area contributed by atoms with Gasteiger partial charge in [0.2, 0.25) is 0 Å². The topological polar surface area (TPSA) is 102 Å². The number of pyridine rings is 2. The number of rotatable bonds is 6. The Balaban J connectivity index is 1.64. The molecular formula is C19H19FN6O2. The third-order valence-electron chi connectivity index (χ3n) is 3.68. The van der Waals surface area contributed by atoms with Crippen molar-refractivity contribution in [2.24, 2.45) is 0 Å². The molecule has 9 heteroatoms. The lowest BCUT2D eigenvalue weighted by Gasteiger charge is -2.08. The number of nitrogens with zero attached hydrogens (tertiary/aromatic N) is 4. The highest BCUT2D eigenvalue weighted by Crippen LogP contribution is 2.09. The molecule has 0 unspecified atom stereocenters. The third-order valence-corrected chi connectivity index (χ3v) is 3.68. The Kier molecular flexibility index (Phi) is 5.73. The maximum Gasteiger partial charge on any atom is 0.270 e. The minimum Gasteiger partial charge on any atom is -0.349 e. The molecule has 0 aliphatic carbocycles. The molecule has 0 saturated carbocycles. The smallest absolute Gasteiger partial charge is 0.270 e. The second-order valence-corrected chi connectivity index (χ2v) is 6.37. The molecule has 0 aliphatic heterocycles. The number of hydrogen-bond acceptors (Lipinski definition) is 5. The van der Waals surface area contributed by atoms with Crippen LogP contribution in [0.15, 0.2) is 49.1 Å². The van der Waals surface area contributed by atoms with Crippen LogP contribution in [0.2, 0.25) is 0 Å². The Hall–Kier alpha value is -3.62. The lowest BCUT2D eigenvalue weighted by Crippen LogP contribution is -2.31. The van der Waals surface area contributed by atoms with Gasteiger partial charge in [-0.15, -0.1) is 0 Å². The van der Waals surface area contributed by atoms with E-state index in [9.17, 15) is 14.0 Å². The molecular weight excluding hydrogens is 363 g/mol. The molecule has 0 spiro atoms. The number of halogens is 1. The lowest BCUT2D eigenvalue weighted by atomic mass is 10.2. The monoisotopic (exact) mass is 382 g/mol. The van der Waals surface area contributed by atoms with Gasteiger partial charge in [-0.2, -0.15) is 5.10 Å². The second kappa shape index (κ2) is 8.38. The first-order valence-corrected chi connectivity index (χ1v) is 8.63. The van der Waals surface area contributed by atoms with Gasteiger partial charge in [0.1, 0.15) is 17.2 Å². The lowest BCUT2D eigenvalue weighted by molar-refractivity contribution is 0.0936. The van der Waals surface area contributed by atoms with E-state index in [2.05, 4.69) is 25.7 Å². The fraction of sp³-hybridized carbons (Fsp3) is 0.211. The summed E-state index contributed by atoms with van der Waals surface area (Å²) in [7, 11) is 0. The van der Waals surface area contributed by atoms with Crippen LogP contribution >= 0.6 is 0 Å². The highest BCUT2D eigenvalue weighted by molar-refractivity contribution is 5.96. The molecule has 2 amide bonds. The fourth-order valence-corrected chi connectivity index (χ4v) is 2.42. The summed E-state index contributed by atoms with van der Waals surface area (Å²) in [4.78, 5) is 32.2. The Labute approximate surface area is 160 Å². The summed E-state index contributed by atoms with van der Waals surface area (Å²) in [6.45, 7) is 3.88. The molecule has 144 valence electrons. The SMILES string of the molecule is CC(C)NC(=O)c1cccc(C(=O)NCc2cnn(-c3cncc(F)c3)c2)n1. The van der Waals surface area contributed by atoms with Gasteiger partial charge in [0.15, 0.2) is 0 Å². The summed E-state index contributed by atoms with van der Waals surface area (Å²) in [5.41, 5.74) is 1.50. The van der Waals surface area contributed by atoms with E-state index in [1.54, 1.807) is 24.5 Å². The largest absolute Gasteiger partial charge is 0.349 e. The summed E-state index contributed by atoms with van der Waals surface area (Å²) in [6.07, 6.45) is 5.81. The number of carbonyl (C=O) groups is 2. The Bertz CT molecular complexity index is 1000. The van der Waals surface area contributed by atoms with Gasteiger partial charge in [0.05, 0.1) is 24.3 Å². The molecule has 2 N–H and O–H groups in total. The zero-order valence-electron chi connectivity index (χ0n) is 15.4. The van der Waals surface area contributed by atoms with Gasteiger partial charge >= 0.3 is 0 Å². The molecule has 0 bridgehead atoms. The summed E-state index contributed by atoms with van der Waals surface area (Å²) >= 11 is 0. The Morgan fingerprint density at radius 3 is 2.61 bits per heavy atom. The minimum absolute atomic E-state index is 0.0309. The maximum absolute atomic E-state index is 13.3. The van der Waals surface area contributed by atoms with Crippen molar-refractivity contribution in [3.05, 3.63) is 71.8 Å². The van der Waals surface area contributed by atoms with Gasteiger partial charge in [0, 0.05) is 30.4 Å². The van der Waals surface area contributed by atoms with E-state index in [-0.39, 0.29) is 29.9 Å². The average Bonchev–Trinajstić information content (AvgIpc) is 3.15. The Morgan fingerprint density at radius 1 is 1.14 bits per heavy atom. The summed E-state index contributed by atoms with van der Waals surface area (Å²) in [5.74, 6) is -1.22. The van der Waals surface area contributed by atoms with E-state index >= 15 is 0 Å².